The average molecular weight is 434 g/mol. The Hall–Kier alpha value is -3.19. The molecule has 0 N–H and O–H groups in total. The van der Waals surface area contributed by atoms with E-state index in [1.165, 1.54) is 7.11 Å². The van der Waals surface area contributed by atoms with Crippen molar-refractivity contribution in [1.29, 1.82) is 0 Å². The van der Waals surface area contributed by atoms with Crippen LogP contribution in [0.5, 0.6) is 5.75 Å². The number of rotatable bonds is 3. The van der Waals surface area contributed by atoms with Crippen LogP contribution in [0.1, 0.15) is 12.0 Å². The summed E-state index contributed by atoms with van der Waals surface area (Å²) in [7, 11) is 3.26. The summed E-state index contributed by atoms with van der Waals surface area (Å²) in [4.78, 5) is 14.9. The SMILES string of the molecule is COC1=CCC2=C(C(=O)Oc3c(F)ccc(F)c3F)c3ccccc3N(C)C2=C1Cl. The summed E-state index contributed by atoms with van der Waals surface area (Å²) >= 11 is 6.51. The van der Waals surface area contributed by atoms with Crippen LogP contribution in [0, 0.1) is 17.5 Å². The molecular weight excluding hydrogens is 419 g/mol. The highest BCUT2D eigenvalue weighted by Gasteiger charge is 2.36. The first-order valence-electron chi connectivity index (χ1n) is 8.91. The van der Waals surface area contributed by atoms with Crippen LogP contribution < -0.4 is 9.64 Å². The second-order valence-electron chi connectivity index (χ2n) is 6.63. The Balaban J connectivity index is 1.89. The van der Waals surface area contributed by atoms with Crippen molar-refractivity contribution < 1.29 is 27.4 Å². The minimum atomic E-state index is -1.57. The summed E-state index contributed by atoms with van der Waals surface area (Å²) in [5, 5.41) is 0.282. The molecule has 2 aromatic carbocycles. The molecule has 0 spiro atoms. The number of benzene rings is 2. The first kappa shape index (κ1) is 20.1. The zero-order valence-electron chi connectivity index (χ0n) is 15.9. The summed E-state index contributed by atoms with van der Waals surface area (Å²) in [5.74, 6) is -5.76. The number of carbonyl (C=O) groups is 1. The zero-order valence-corrected chi connectivity index (χ0v) is 16.7. The van der Waals surface area contributed by atoms with Crippen molar-refractivity contribution in [3.63, 3.8) is 0 Å². The van der Waals surface area contributed by atoms with Crippen LogP contribution in [0.3, 0.4) is 0 Å². The van der Waals surface area contributed by atoms with E-state index in [4.69, 9.17) is 21.1 Å². The van der Waals surface area contributed by atoms with E-state index in [-0.39, 0.29) is 17.0 Å². The second-order valence-corrected chi connectivity index (χ2v) is 7.01. The largest absolute Gasteiger partial charge is 0.495 e. The van der Waals surface area contributed by atoms with E-state index in [1.54, 1.807) is 42.3 Å². The van der Waals surface area contributed by atoms with Crippen LogP contribution in [0.25, 0.3) is 5.57 Å². The predicted molar refractivity (Wildman–Crippen MR) is 106 cm³/mol. The molecule has 0 aromatic heterocycles. The number of para-hydroxylation sites is 1. The number of anilines is 1. The van der Waals surface area contributed by atoms with Crippen molar-refractivity contribution in [2.45, 2.75) is 6.42 Å². The number of ether oxygens (including phenoxy) is 2. The van der Waals surface area contributed by atoms with Crippen molar-refractivity contribution in [3.8, 4) is 5.75 Å². The Morgan fingerprint density at radius 3 is 2.53 bits per heavy atom. The van der Waals surface area contributed by atoms with Gasteiger partial charge in [-0.25, -0.2) is 13.6 Å². The van der Waals surface area contributed by atoms with E-state index in [2.05, 4.69) is 0 Å². The van der Waals surface area contributed by atoms with E-state index in [0.717, 1.165) is 0 Å². The molecule has 2 aliphatic rings. The molecule has 0 bridgehead atoms. The summed E-state index contributed by atoms with van der Waals surface area (Å²) < 4.78 is 51.9. The maximum atomic E-state index is 14.1. The highest BCUT2D eigenvalue weighted by Crippen LogP contribution is 2.46. The second kappa shape index (κ2) is 7.57. The topological polar surface area (TPSA) is 38.8 Å². The number of nitrogens with zero attached hydrogens (tertiary/aromatic N) is 1. The summed E-state index contributed by atoms with van der Waals surface area (Å²) in [5.41, 5.74) is 2.25. The van der Waals surface area contributed by atoms with Gasteiger partial charge in [0.1, 0.15) is 10.8 Å². The summed E-state index contributed by atoms with van der Waals surface area (Å²) in [6.45, 7) is 0. The van der Waals surface area contributed by atoms with Gasteiger partial charge in [-0.3, -0.25) is 0 Å². The molecule has 30 heavy (non-hydrogen) atoms. The number of hydrogen-bond acceptors (Lipinski definition) is 4. The monoisotopic (exact) mass is 433 g/mol. The van der Waals surface area contributed by atoms with Gasteiger partial charge in [0.25, 0.3) is 0 Å². The van der Waals surface area contributed by atoms with Gasteiger partial charge < -0.3 is 14.4 Å². The molecule has 1 aliphatic carbocycles. The molecule has 154 valence electrons. The van der Waals surface area contributed by atoms with Gasteiger partial charge in [-0.05, 0) is 36.3 Å². The van der Waals surface area contributed by atoms with Gasteiger partial charge in [0.2, 0.25) is 11.6 Å². The van der Waals surface area contributed by atoms with Crippen LogP contribution in [0.2, 0.25) is 0 Å². The molecule has 0 radical (unpaired) electrons. The standard InChI is InChI=1S/C22H15ClF3NO3/c1-27-15-6-4-3-5-11(15)17(12-7-10-16(29-2)18(23)20(12)27)22(28)30-21-14(25)9-8-13(24)19(21)26/h3-6,8-10H,7H2,1-2H3. The fraction of sp³-hybridized carbons (Fsp3) is 0.136. The molecule has 0 saturated heterocycles. The third-order valence-corrected chi connectivity index (χ3v) is 5.36. The van der Waals surface area contributed by atoms with Gasteiger partial charge in [0.05, 0.1) is 18.4 Å². The number of fused-ring (bicyclic) bond motifs is 2. The van der Waals surface area contributed by atoms with Crippen molar-refractivity contribution in [2.75, 3.05) is 19.1 Å². The van der Waals surface area contributed by atoms with E-state index in [9.17, 15) is 18.0 Å². The van der Waals surface area contributed by atoms with E-state index >= 15 is 0 Å². The van der Waals surface area contributed by atoms with Gasteiger partial charge in [-0.1, -0.05) is 29.8 Å². The third-order valence-electron chi connectivity index (χ3n) is 4.99. The molecule has 4 nitrogen and oxygen atoms in total. The lowest BCUT2D eigenvalue weighted by atomic mass is 9.87. The van der Waals surface area contributed by atoms with Crippen LogP contribution >= 0.6 is 11.6 Å². The molecule has 0 saturated carbocycles. The van der Waals surface area contributed by atoms with Crippen molar-refractivity contribution >= 4 is 28.8 Å². The average Bonchev–Trinajstić information content (AvgIpc) is 2.74. The summed E-state index contributed by atoms with van der Waals surface area (Å²) in [6, 6.07) is 8.27. The van der Waals surface area contributed by atoms with Gasteiger partial charge >= 0.3 is 5.97 Å². The number of methoxy groups -OCH3 is 1. The van der Waals surface area contributed by atoms with Crippen LogP contribution in [-0.2, 0) is 9.53 Å². The third kappa shape index (κ3) is 3.06. The minimum absolute atomic E-state index is 0.0892. The van der Waals surface area contributed by atoms with Crippen molar-refractivity contribution in [2.24, 2.45) is 0 Å². The van der Waals surface area contributed by atoms with Gasteiger partial charge in [0, 0.05) is 18.3 Å². The fourth-order valence-electron chi connectivity index (χ4n) is 3.61. The Bertz CT molecular complexity index is 1170. The first-order chi connectivity index (χ1) is 14.3. The lowest BCUT2D eigenvalue weighted by Crippen LogP contribution is -2.29. The molecule has 2 aromatic rings. The quantitative estimate of drug-likeness (QED) is 0.374. The van der Waals surface area contributed by atoms with Crippen LogP contribution in [0.15, 0.2) is 64.5 Å². The van der Waals surface area contributed by atoms with Crippen molar-refractivity contribution in [1.82, 2.24) is 0 Å². The fourth-order valence-corrected chi connectivity index (χ4v) is 4.01. The number of likely N-dealkylation sites (N-methyl/N-ethyl adjacent to an activating group) is 1. The number of allylic oxidation sites excluding steroid dienone is 3. The molecule has 8 heteroatoms. The molecule has 1 heterocycles. The molecule has 0 unspecified atom stereocenters. The Kier molecular flexibility index (Phi) is 5.07. The normalized spacial score (nSPS) is 15.5. The maximum Gasteiger partial charge on any atom is 0.344 e. The summed E-state index contributed by atoms with van der Waals surface area (Å²) in [6.07, 6.45) is 1.96. The lowest BCUT2D eigenvalue weighted by Gasteiger charge is -2.35. The lowest BCUT2D eigenvalue weighted by molar-refractivity contribution is -0.128. The predicted octanol–water partition coefficient (Wildman–Crippen LogP) is 5.30. The maximum absolute atomic E-state index is 14.1. The van der Waals surface area contributed by atoms with E-state index < -0.39 is 29.2 Å². The van der Waals surface area contributed by atoms with Gasteiger partial charge in [-0.15, -0.1) is 0 Å². The van der Waals surface area contributed by atoms with Crippen LogP contribution in [-0.4, -0.2) is 20.1 Å². The number of hydrogen-bond donors (Lipinski definition) is 0. The Labute approximate surface area is 175 Å². The molecule has 0 fully saturated rings. The molecule has 1 aliphatic heterocycles. The van der Waals surface area contributed by atoms with Gasteiger partial charge in [0.15, 0.2) is 11.6 Å². The van der Waals surface area contributed by atoms with E-state index in [1.807, 2.05) is 0 Å². The van der Waals surface area contributed by atoms with Crippen molar-refractivity contribution in [3.05, 3.63) is 87.6 Å². The Morgan fingerprint density at radius 1 is 1.10 bits per heavy atom. The first-order valence-corrected chi connectivity index (χ1v) is 9.29. The zero-order chi connectivity index (χ0) is 21.6. The van der Waals surface area contributed by atoms with Crippen LogP contribution in [0.4, 0.5) is 18.9 Å². The van der Waals surface area contributed by atoms with Gasteiger partial charge in [-0.2, -0.15) is 4.39 Å². The number of carbonyl (C=O) groups excluding carboxylic acids is 1. The molecular formula is C22H15ClF3NO3. The molecule has 4 rings (SSSR count). The van der Waals surface area contributed by atoms with E-state index in [0.29, 0.717) is 40.4 Å². The highest BCUT2D eigenvalue weighted by atomic mass is 35.5. The Morgan fingerprint density at radius 2 is 1.80 bits per heavy atom. The number of halogens is 4. The molecule has 0 atom stereocenters. The minimum Gasteiger partial charge on any atom is -0.495 e. The molecule has 0 amide bonds. The smallest absolute Gasteiger partial charge is 0.344 e. The number of esters is 1. The highest BCUT2D eigenvalue weighted by molar-refractivity contribution is 6.33.